The molecule has 0 N–H and O–H groups in total. The Morgan fingerprint density at radius 1 is 0.950 bits per heavy atom. The molecule has 0 bridgehead atoms. The van der Waals surface area contributed by atoms with Crippen molar-refractivity contribution >= 4 is 6.09 Å². The Morgan fingerprint density at radius 2 is 1.50 bits per heavy atom. The van der Waals surface area contributed by atoms with E-state index in [-0.39, 0.29) is 18.1 Å². The van der Waals surface area contributed by atoms with Crippen LogP contribution in [-0.2, 0) is 4.74 Å². The normalized spacial score (nSPS) is 22.4. The van der Waals surface area contributed by atoms with Gasteiger partial charge in [0.15, 0.2) is 0 Å². The number of amides is 1. The summed E-state index contributed by atoms with van der Waals surface area (Å²) in [6.07, 6.45) is -0.258. The van der Waals surface area contributed by atoms with Gasteiger partial charge in [-0.05, 0) is 11.1 Å². The second-order valence-corrected chi connectivity index (χ2v) is 5.06. The van der Waals surface area contributed by atoms with E-state index >= 15 is 0 Å². The lowest BCUT2D eigenvalue weighted by Crippen LogP contribution is -2.42. The Labute approximate surface area is 118 Å². The molecule has 0 radical (unpaired) electrons. The second kappa shape index (κ2) is 5.37. The van der Waals surface area contributed by atoms with Crippen molar-refractivity contribution in [1.82, 2.24) is 4.90 Å². The van der Waals surface area contributed by atoms with Crippen LogP contribution in [0.2, 0.25) is 0 Å². The van der Waals surface area contributed by atoms with E-state index in [9.17, 15) is 4.79 Å². The molecule has 1 aliphatic rings. The van der Waals surface area contributed by atoms with Gasteiger partial charge in [0.2, 0.25) is 0 Å². The fraction of sp³-hybridized carbons (Fsp3) is 0.235. The fourth-order valence-electron chi connectivity index (χ4n) is 2.82. The van der Waals surface area contributed by atoms with Crippen LogP contribution in [0.15, 0.2) is 60.7 Å². The number of carbonyl (C=O) groups excluding carboxylic acids is 1. The molecule has 0 spiro atoms. The Bertz CT molecular complexity index is 582. The van der Waals surface area contributed by atoms with Gasteiger partial charge in [-0.3, -0.25) is 0 Å². The standard InChI is InChI=1S/C17H17NO2/c1-18-16(14-10-6-3-7-11-14)15(12-20-17(18)19)13-8-4-2-5-9-13/h2-11,15-16H,12H2,1H3/t15-,16+/m1/s1. The number of cyclic esters (lactones) is 1. The molecule has 0 unspecified atom stereocenters. The third-order valence-corrected chi connectivity index (χ3v) is 3.84. The van der Waals surface area contributed by atoms with Gasteiger partial charge in [0.1, 0.15) is 6.61 Å². The van der Waals surface area contributed by atoms with Crippen LogP contribution >= 0.6 is 0 Å². The van der Waals surface area contributed by atoms with Gasteiger partial charge in [0.05, 0.1) is 6.04 Å². The highest BCUT2D eigenvalue weighted by atomic mass is 16.6. The SMILES string of the molecule is CN1C(=O)OC[C@H](c2ccccc2)[C@@H]1c1ccccc1. The van der Waals surface area contributed by atoms with E-state index in [1.165, 1.54) is 5.56 Å². The lowest BCUT2D eigenvalue weighted by Gasteiger charge is -2.39. The van der Waals surface area contributed by atoms with Crippen LogP contribution in [0.1, 0.15) is 23.1 Å². The average Bonchev–Trinajstić information content (AvgIpc) is 2.51. The van der Waals surface area contributed by atoms with Crippen molar-refractivity contribution in [3.8, 4) is 0 Å². The van der Waals surface area contributed by atoms with Crippen LogP contribution in [0.5, 0.6) is 0 Å². The maximum absolute atomic E-state index is 11.9. The number of hydrogen-bond acceptors (Lipinski definition) is 2. The molecule has 1 fully saturated rings. The highest BCUT2D eigenvalue weighted by Gasteiger charge is 2.36. The van der Waals surface area contributed by atoms with E-state index in [4.69, 9.17) is 4.74 Å². The van der Waals surface area contributed by atoms with Crippen molar-refractivity contribution in [2.45, 2.75) is 12.0 Å². The first kappa shape index (κ1) is 12.7. The summed E-state index contributed by atoms with van der Waals surface area (Å²) in [5.74, 6) is 0.154. The molecule has 0 saturated carbocycles. The molecule has 3 heteroatoms. The molecule has 0 aliphatic carbocycles. The summed E-state index contributed by atoms with van der Waals surface area (Å²) in [4.78, 5) is 13.5. The van der Waals surface area contributed by atoms with Crippen LogP contribution in [0.3, 0.4) is 0 Å². The number of nitrogens with zero attached hydrogens (tertiary/aromatic N) is 1. The van der Waals surface area contributed by atoms with Crippen LogP contribution in [-0.4, -0.2) is 24.6 Å². The van der Waals surface area contributed by atoms with Gasteiger partial charge in [-0.15, -0.1) is 0 Å². The van der Waals surface area contributed by atoms with Crippen molar-refractivity contribution in [2.75, 3.05) is 13.7 Å². The molecule has 0 aromatic heterocycles. The van der Waals surface area contributed by atoms with E-state index in [0.717, 1.165) is 5.56 Å². The van der Waals surface area contributed by atoms with Crippen LogP contribution in [0, 0.1) is 0 Å². The molecule has 20 heavy (non-hydrogen) atoms. The molecule has 2 aromatic rings. The maximum Gasteiger partial charge on any atom is 0.410 e. The number of hydrogen-bond donors (Lipinski definition) is 0. The summed E-state index contributed by atoms with van der Waals surface area (Å²) in [6.45, 7) is 0.423. The predicted molar refractivity (Wildman–Crippen MR) is 77.5 cm³/mol. The summed E-state index contributed by atoms with van der Waals surface area (Å²) >= 11 is 0. The molecule has 1 saturated heterocycles. The molecule has 102 valence electrons. The number of benzene rings is 2. The third kappa shape index (κ3) is 2.27. The molecule has 1 heterocycles. The summed E-state index contributed by atoms with van der Waals surface area (Å²) < 4.78 is 5.30. The zero-order valence-electron chi connectivity index (χ0n) is 11.4. The van der Waals surface area contributed by atoms with Gasteiger partial charge < -0.3 is 9.64 Å². The number of rotatable bonds is 2. The van der Waals surface area contributed by atoms with Gasteiger partial charge in [0.25, 0.3) is 0 Å². The van der Waals surface area contributed by atoms with E-state index in [1.54, 1.807) is 11.9 Å². The van der Waals surface area contributed by atoms with Crippen molar-refractivity contribution in [1.29, 1.82) is 0 Å². The van der Waals surface area contributed by atoms with Crippen molar-refractivity contribution in [2.24, 2.45) is 0 Å². The topological polar surface area (TPSA) is 29.5 Å². The summed E-state index contributed by atoms with van der Waals surface area (Å²) in [5.41, 5.74) is 2.33. The Morgan fingerprint density at radius 3 is 2.10 bits per heavy atom. The Hall–Kier alpha value is -2.29. The third-order valence-electron chi connectivity index (χ3n) is 3.84. The monoisotopic (exact) mass is 267 g/mol. The first-order chi connectivity index (χ1) is 9.77. The summed E-state index contributed by atoms with van der Waals surface area (Å²) in [5, 5.41) is 0. The smallest absolute Gasteiger partial charge is 0.410 e. The Balaban J connectivity index is 2.01. The maximum atomic E-state index is 11.9. The molecule has 2 aromatic carbocycles. The van der Waals surface area contributed by atoms with Gasteiger partial charge >= 0.3 is 6.09 Å². The number of carbonyl (C=O) groups is 1. The minimum atomic E-state index is -0.258. The lowest BCUT2D eigenvalue weighted by atomic mass is 9.86. The zero-order valence-corrected chi connectivity index (χ0v) is 11.4. The summed E-state index contributed by atoms with van der Waals surface area (Å²) in [7, 11) is 1.80. The minimum absolute atomic E-state index is 0.0137. The first-order valence-electron chi connectivity index (χ1n) is 6.77. The quantitative estimate of drug-likeness (QED) is 0.832. The number of likely N-dealkylation sites (N-methyl/N-ethyl adjacent to an activating group) is 1. The molecule has 2 atom stereocenters. The van der Waals surface area contributed by atoms with Crippen LogP contribution < -0.4 is 0 Å². The van der Waals surface area contributed by atoms with Crippen LogP contribution in [0.4, 0.5) is 4.79 Å². The van der Waals surface area contributed by atoms with Gasteiger partial charge in [-0.1, -0.05) is 60.7 Å². The fourth-order valence-corrected chi connectivity index (χ4v) is 2.82. The van der Waals surface area contributed by atoms with Crippen molar-refractivity contribution in [3.63, 3.8) is 0 Å². The van der Waals surface area contributed by atoms with Crippen LogP contribution in [0.25, 0.3) is 0 Å². The van der Waals surface area contributed by atoms with Crippen molar-refractivity contribution in [3.05, 3.63) is 71.8 Å². The highest BCUT2D eigenvalue weighted by Crippen LogP contribution is 2.38. The van der Waals surface area contributed by atoms with Gasteiger partial charge in [-0.2, -0.15) is 0 Å². The largest absolute Gasteiger partial charge is 0.449 e. The molecule has 3 rings (SSSR count). The second-order valence-electron chi connectivity index (χ2n) is 5.06. The lowest BCUT2D eigenvalue weighted by molar-refractivity contribution is 0.0414. The van der Waals surface area contributed by atoms with E-state index in [2.05, 4.69) is 24.3 Å². The van der Waals surface area contributed by atoms with Gasteiger partial charge in [-0.25, -0.2) is 4.79 Å². The Kier molecular flexibility index (Phi) is 3.42. The van der Waals surface area contributed by atoms with Crippen molar-refractivity contribution < 1.29 is 9.53 Å². The molecule has 1 amide bonds. The predicted octanol–water partition coefficient (Wildman–Crippen LogP) is 3.59. The molecular formula is C17H17NO2. The summed E-state index contributed by atoms with van der Waals surface area (Å²) in [6, 6.07) is 20.4. The first-order valence-corrected chi connectivity index (χ1v) is 6.77. The van der Waals surface area contributed by atoms with E-state index in [0.29, 0.717) is 6.61 Å². The average molecular weight is 267 g/mol. The minimum Gasteiger partial charge on any atom is -0.449 e. The molecular weight excluding hydrogens is 250 g/mol. The van der Waals surface area contributed by atoms with E-state index < -0.39 is 0 Å². The molecule has 3 nitrogen and oxygen atoms in total. The van der Waals surface area contributed by atoms with Gasteiger partial charge in [0, 0.05) is 13.0 Å². The zero-order chi connectivity index (χ0) is 13.9. The molecule has 1 aliphatic heterocycles. The highest BCUT2D eigenvalue weighted by molar-refractivity contribution is 5.69. The number of ether oxygens (including phenoxy) is 1. The van der Waals surface area contributed by atoms with E-state index in [1.807, 2.05) is 36.4 Å².